The van der Waals surface area contributed by atoms with Gasteiger partial charge in [-0.15, -0.1) is 0 Å². The summed E-state index contributed by atoms with van der Waals surface area (Å²) in [6, 6.07) is 0. The first-order valence-corrected chi connectivity index (χ1v) is 12.8. The van der Waals surface area contributed by atoms with Gasteiger partial charge in [-0.2, -0.15) is 0 Å². The number of carbonyl (C=O) groups is 1. The highest BCUT2D eigenvalue weighted by molar-refractivity contribution is 5.70. The lowest BCUT2D eigenvalue weighted by atomic mass is 9.61. The molecule has 0 radical (unpaired) electrons. The normalized spacial score (nSPS) is 57.4. The van der Waals surface area contributed by atoms with Gasteiger partial charge >= 0.3 is 5.97 Å². The quantitative estimate of drug-likeness (QED) is 0.518. The number of fused-ring (bicyclic) bond motifs is 11. The highest BCUT2D eigenvalue weighted by Gasteiger charge is 2.66. The molecule has 0 spiro atoms. The Bertz CT molecular complexity index is 689. The minimum absolute atomic E-state index is 0.124. The van der Waals surface area contributed by atoms with Gasteiger partial charge < -0.3 is 9.84 Å². The maximum atomic E-state index is 12.9. The Hall–Kier alpha value is -0.570. The average Bonchev–Trinajstić information content (AvgIpc) is 3.50. The smallest absolute Gasteiger partial charge is 0.308 e. The van der Waals surface area contributed by atoms with Crippen LogP contribution in [0.4, 0.5) is 0 Å². The van der Waals surface area contributed by atoms with Crippen LogP contribution in [0.2, 0.25) is 0 Å². The summed E-state index contributed by atoms with van der Waals surface area (Å²) in [5.74, 6) is 8.39. The summed E-state index contributed by atoms with van der Waals surface area (Å²) in [6.45, 7) is 7.14. The van der Waals surface area contributed by atoms with Crippen LogP contribution >= 0.6 is 0 Å². The molecular formula is C26H40O3. The van der Waals surface area contributed by atoms with Gasteiger partial charge in [0.05, 0.1) is 12.5 Å². The van der Waals surface area contributed by atoms with Crippen molar-refractivity contribution in [1.29, 1.82) is 0 Å². The van der Waals surface area contributed by atoms with Crippen LogP contribution in [0.5, 0.6) is 0 Å². The SMILES string of the molecule is CCC1(OC(=O)CC(O)C2CC3CC2C2C4CC(C(C)C4C)C32)CC2CCC1C2. The number of aliphatic hydroxyl groups excluding tert-OH is 1. The fraction of sp³-hybridized carbons (Fsp3) is 0.962. The lowest BCUT2D eigenvalue weighted by Crippen LogP contribution is -2.43. The molecule has 0 saturated heterocycles. The molecule has 6 bridgehead atoms. The van der Waals surface area contributed by atoms with Crippen molar-refractivity contribution in [3.63, 3.8) is 0 Å². The number of hydrogen-bond acceptors (Lipinski definition) is 3. The van der Waals surface area contributed by atoms with E-state index in [9.17, 15) is 9.90 Å². The molecule has 0 aromatic rings. The standard InChI is InChI=1S/C26H40O3/c1-4-26(12-15-5-6-17(26)7-15)29-23(28)11-22(27)20-8-16-9-21(20)25-19-10-18(24(16)25)13(2)14(19)3/h13-22,24-25,27H,4-12H2,1-3H3. The van der Waals surface area contributed by atoms with E-state index in [-0.39, 0.29) is 18.0 Å². The third-order valence-corrected chi connectivity index (χ3v) is 11.6. The van der Waals surface area contributed by atoms with Crippen LogP contribution in [0.3, 0.4) is 0 Å². The fourth-order valence-electron chi connectivity index (χ4n) is 10.3. The molecule has 3 heteroatoms. The van der Waals surface area contributed by atoms with E-state index in [0.29, 0.717) is 17.8 Å². The van der Waals surface area contributed by atoms with Crippen molar-refractivity contribution in [1.82, 2.24) is 0 Å². The molecular weight excluding hydrogens is 360 g/mol. The van der Waals surface area contributed by atoms with Crippen molar-refractivity contribution in [2.75, 3.05) is 0 Å². The van der Waals surface area contributed by atoms with Gasteiger partial charge in [-0.25, -0.2) is 0 Å². The van der Waals surface area contributed by atoms with Crippen LogP contribution in [0.15, 0.2) is 0 Å². The first-order valence-electron chi connectivity index (χ1n) is 12.8. The second kappa shape index (κ2) is 6.47. The molecule has 0 heterocycles. The van der Waals surface area contributed by atoms with E-state index in [1.807, 2.05) is 0 Å². The summed E-state index contributed by atoms with van der Waals surface area (Å²) in [6.07, 6.45) is 9.45. The molecule has 29 heavy (non-hydrogen) atoms. The minimum atomic E-state index is -0.488. The number of hydrogen-bond donors (Lipinski definition) is 1. The molecule has 6 aliphatic rings. The molecule has 6 fully saturated rings. The summed E-state index contributed by atoms with van der Waals surface area (Å²) in [4.78, 5) is 12.9. The van der Waals surface area contributed by atoms with E-state index < -0.39 is 6.10 Å². The molecule has 6 aliphatic carbocycles. The third kappa shape index (κ3) is 2.55. The highest BCUT2D eigenvalue weighted by Crippen LogP contribution is 2.71. The third-order valence-electron chi connectivity index (χ3n) is 11.6. The molecule has 6 saturated carbocycles. The predicted octanol–water partition coefficient (Wildman–Crippen LogP) is 5.06. The maximum Gasteiger partial charge on any atom is 0.308 e. The Balaban J connectivity index is 1.11. The van der Waals surface area contributed by atoms with Crippen molar-refractivity contribution in [2.24, 2.45) is 65.1 Å². The molecule has 6 rings (SSSR count). The largest absolute Gasteiger partial charge is 0.459 e. The van der Waals surface area contributed by atoms with Crippen molar-refractivity contribution < 1.29 is 14.6 Å². The van der Waals surface area contributed by atoms with Crippen LogP contribution in [-0.4, -0.2) is 22.8 Å². The predicted molar refractivity (Wildman–Crippen MR) is 112 cm³/mol. The number of ether oxygens (including phenoxy) is 1. The number of esters is 1. The topological polar surface area (TPSA) is 46.5 Å². The Morgan fingerprint density at radius 3 is 2.45 bits per heavy atom. The van der Waals surface area contributed by atoms with Crippen LogP contribution in [-0.2, 0) is 9.53 Å². The van der Waals surface area contributed by atoms with Crippen LogP contribution in [0.1, 0.15) is 78.6 Å². The Labute approximate surface area is 176 Å². The van der Waals surface area contributed by atoms with E-state index in [4.69, 9.17) is 4.74 Å². The second-order valence-corrected chi connectivity index (χ2v) is 12.2. The molecule has 0 aromatic heterocycles. The van der Waals surface area contributed by atoms with Crippen molar-refractivity contribution in [3.8, 4) is 0 Å². The number of rotatable bonds is 5. The van der Waals surface area contributed by atoms with Gasteiger partial charge in [0, 0.05) is 0 Å². The summed E-state index contributed by atoms with van der Waals surface area (Å²) in [7, 11) is 0. The van der Waals surface area contributed by atoms with E-state index in [0.717, 1.165) is 66.6 Å². The summed E-state index contributed by atoms with van der Waals surface area (Å²) >= 11 is 0. The number of carbonyl (C=O) groups excluding carboxylic acids is 1. The molecule has 13 unspecified atom stereocenters. The zero-order chi connectivity index (χ0) is 20.1. The summed E-state index contributed by atoms with van der Waals surface area (Å²) in [5.41, 5.74) is -0.213. The Morgan fingerprint density at radius 1 is 1.03 bits per heavy atom. The van der Waals surface area contributed by atoms with Gasteiger partial charge in [-0.1, -0.05) is 20.8 Å². The van der Waals surface area contributed by atoms with Gasteiger partial charge in [0.15, 0.2) is 0 Å². The number of aliphatic hydroxyl groups is 1. The van der Waals surface area contributed by atoms with E-state index >= 15 is 0 Å². The van der Waals surface area contributed by atoms with Crippen molar-refractivity contribution >= 4 is 5.97 Å². The van der Waals surface area contributed by atoms with Gasteiger partial charge in [0.1, 0.15) is 5.60 Å². The Morgan fingerprint density at radius 2 is 1.79 bits per heavy atom. The van der Waals surface area contributed by atoms with E-state index in [1.54, 1.807) is 0 Å². The van der Waals surface area contributed by atoms with E-state index in [1.165, 1.54) is 32.1 Å². The molecule has 0 amide bonds. The molecule has 0 aromatic carbocycles. The lowest BCUT2D eigenvalue weighted by molar-refractivity contribution is -0.170. The van der Waals surface area contributed by atoms with Gasteiger partial charge in [-0.3, -0.25) is 4.79 Å². The maximum absolute atomic E-state index is 12.9. The zero-order valence-electron chi connectivity index (χ0n) is 18.6. The van der Waals surface area contributed by atoms with Crippen LogP contribution < -0.4 is 0 Å². The molecule has 1 N–H and O–H groups in total. The van der Waals surface area contributed by atoms with Crippen LogP contribution in [0, 0.1) is 65.1 Å². The fourth-order valence-corrected chi connectivity index (χ4v) is 10.3. The highest BCUT2D eigenvalue weighted by atomic mass is 16.6. The Kier molecular flexibility index (Phi) is 4.27. The van der Waals surface area contributed by atoms with Gasteiger partial charge in [0.2, 0.25) is 0 Å². The lowest BCUT2D eigenvalue weighted by Gasteiger charge is -2.44. The van der Waals surface area contributed by atoms with Crippen LogP contribution in [0.25, 0.3) is 0 Å². The van der Waals surface area contributed by atoms with Gasteiger partial charge in [0.25, 0.3) is 0 Å². The van der Waals surface area contributed by atoms with Crippen molar-refractivity contribution in [3.05, 3.63) is 0 Å². The van der Waals surface area contributed by atoms with E-state index in [2.05, 4.69) is 20.8 Å². The summed E-state index contributed by atoms with van der Waals surface area (Å²) in [5, 5.41) is 11.1. The summed E-state index contributed by atoms with van der Waals surface area (Å²) < 4.78 is 6.16. The molecule has 162 valence electrons. The first kappa shape index (κ1) is 19.1. The molecule has 0 aliphatic heterocycles. The second-order valence-electron chi connectivity index (χ2n) is 12.2. The molecule has 3 nitrogen and oxygen atoms in total. The average molecular weight is 401 g/mol. The molecule has 13 atom stereocenters. The van der Waals surface area contributed by atoms with Crippen molar-refractivity contribution in [2.45, 2.75) is 90.3 Å². The minimum Gasteiger partial charge on any atom is -0.459 e. The van der Waals surface area contributed by atoms with Gasteiger partial charge in [-0.05, 0) is 116 Å². The monoisotopic (exact) mass is 400 g/mol. The first-order chi connectivity index (χ1) is 13.9. The zero-order valence-corrected chi connectivity index (χ0v) is 18.6.